The Labute approximate surface area is 151 Å². The highest BCUT2D eigenvalue weighted by atomic mass is 16.4. The molecule has 4 fully saturated rings. The Morgan fingerprint density at radius 2 is 1.68 bits per heavy atom. The van der Waals surface area contributed by atoms with Crippen LogP contribution < -0.4 is 0 Å². The molecule has 4 rings (SSSR count). The molecule has 0 aliphatic heterocycles. The van der Waals surface area contributed by atoms with Crippen molar-refractivity contribution in [2.45, 2.75) is 84.0 Å². The topological polar surface area (TPSA) is 77.8 Å². The predicted octanol–water partition coefficient (Wildman–Crippen LogP) is 2.54. The van der Waals surface area contributed by atoms with Crippen LogP contribution in [0.3, 0.4) is 0 Å². The van der Waals surface area contributed by atoms with Crippen LogP contribution in [0.25, 0.3) is 0 Å². The van der Waals surface area contributed by atoms with Gasteiger partial charge in [0, 0.05) is 12.3 Å². The van der Waals surface area contributed by atoms with Crippen molar-refractivity contribution in [2.24, 2.45) is 40.4 Å². The van der Waals surface area contributed by atoms with Crippen LogP contribution in [0.1, 0.15) is 65.7 Å². The molecule has 0 unspecified atom stereocenters. The lowest BCUT2D eigenvalue weighted by Crippen LogP contribution is -2.61. The molecule has 10 atom stereocenters. The van der Waals surface area contributed by atoms with E-state index in [-0.39, 0.29) is 22.7 Å². The van der Waals surface area contributed by atoms with Crippen molar-refractivity contribution in [1.82, 2.24) is 0 Å². The summed E-state index contributed by atoms with van der Waals surface area (Å²) in [6.07, 6.45) is 3.71. The van der Waals surface area contributed by atoms with E-state index < -0.39 is 18.3 Å². The predicted molar refractivity (Wildman–Crippen MR) is 94.7 cm³/mol. The lowest BCUT2D eigenvalue weighted by molar-refractivity contribution is -0.207. The second kappa shape index (κ2) is 5.77. The highest BCUT2D eigenvalue weighted by molar-refractivity contribution is 5.84. The summed E-state index contributed by atoms with van der Waals surface area (Å²) in [5, 5.41) is 31.1. The number of aliphatic hydroxyl groups excluding tert-OH is 3. The number of fused-ring (bicyclic) bond motifs is 5. The van der Waals surface area contributed by atoms with Gasteiger partial charge in [0.15, 0.2) is 0 Å². The first-order chi connectivity index (χ1) is 11.7. The highest BCUT2D eigenvalue weighted by Crippen LogP contribution is 2.67. The molecule has 0 aromatic heterocycles. The average molecular weight is 350 g/mol. The van der Waals surface area contributed by atoms with Gasteiger partial charge in [0.2, 0.25) is 0 Å². The van der Waals surface area contributed by atoms with Gasteiger partial charge < -0.3 is 15.3 Å². The SMILES string of the molecule is CC[C@H]1C(=O)C[C@H]2[C@H]3CC[C@H]4[C@@H](O)[C@@H](O)[C@@H](O)C[C@]4(C)[C@@H]3CC[C@]12C. The summed E-state index contributed by atoms with van der Waals surface area (Å²) >= 11 is 0. The van der Waals surface area contributed by atoms with Crippen LogP contribution in [-0.4, -0.2) is 39.4 Å². The van der Waals surface area contributed by atoms with Gasteiger partial charge in [0.25, 0.3) is 0 Å². The largest absolute Gasteiger partial charge is 0.390 e. The van der Waals surface area contributed by atoms with Gasteiger partial charge in [-0.2, -0.15) is 0 Å². The maximum atomic E-state index is 12.6. The first-order valence-electron chi connectivity index (χ1n) is 10.3. The molecule has 4 aliphatic rings. The second-order valence-electron chi connectivity index (χ2n) is 9.99. The van der Waals surface area contributed by atoms with Gasteiger partial charge in [-0.1, -0.05) is 20.8 Å². The number of hydrogen-bond acceptors (Lipinski definition) is 4. The van der Waals surface area contributed by atoms with Crippen LogP contribution in [0.15, 0.2) is 0 Å². The summed E-state index contributed by atoms with van der Waals surface area (Å²) in [5.41, 5.74) is 0.0112. The lowest BCUT2D eigenvalue weighted by atomic mass is 9.44. The van der Waals surface area contributed by atoms with Crippen molar-refractivity contribution in [3.8, 4) is 0 Å². The smallest absolute Gasteiger partial charge is 0.136 e. The van der Waals surface area contributed by atoms with E-state index in [4.69, 9.17) is 0 Å². The zero-order valence-electron chi connectivity index (χ0n) is 15.8. The van der Waals surface area contributed by atoms with Crippen LogP contribution >= 0.6 is 0 Å². The van der Waals surface area contributed by atoms with Crippen molar-refractivity contribution < 1.29 is 20.1 Å². The molecule has 0 heterocycles. The van der Waals surface area contributed by atoms with Crippen LogP contribution in [-0.2, 0) is 4.79 Å². The van der Waals surface area contributed by atoms with Crippen LogP contribution in [0, 0.1) is 40.4 Å². The molecular weight excluding hydrogens is 316 g/mol. The molecule has 0 amide bonds. The Morgan fingerprint density at radius 3 is 2.36 bits per heavy atom. The molecule has 0 saturated heterocycles. The minimum Gasteiger partial charge on any atom is -0.390 e. The van der Waals surface area contributed by atoms with Crippen LogP contribution in [0.5, 0.6) is 0 Å². The third-order valence-electron chi connectivity index (χ3n) is 9.20. The number of ketones is 1. The average Bonchev–Trinajstić information content (AvgIpc) is 2.82. The molecule has 142 valence electrons. The molecule has 4 aliphatic carbocycles. The Bertz CT molecular complexity index is 562. The minimum atomic E-state index is -1.01. The molecule has 25 heavy (non-hydrogen) atoms. The molecule has 0 aromatic carbocycles. The molecule has 0 radical (unpaired) electrons. The van der Waals surface area contributed by atoms with E-state index in [1.54, 1.807) is 0 Å². The van der Waals surface area contributed by atoms with E-state index in [0.717, 1.165) is 38.5 Å². The molecule has 3 N–H and O–H groups in total. The monoisotopic (exact) mass is 350 g/mol. The third kappa shape index (κ3) is 2.26. The summed E-state index contributed by atoms with van der Waals surface area (Å²) in [6.45, 7) is 6.72. The second-order valence-corrected chi connectivity index (χ2v) is 9.99. The minimum absolute atomic E-state index is 0.0654. The molecule has 0 spiro atoms. The summed E-state index contributed by atoms with van der Waals surface area (Å²) in [7, 11) is 0. The molecule has 0 bridgehead atoms. The highest BCUT2D eigenvalue weighted by Gasteiger charge is 2.63. The summed E-state index contributed by atoms with van der Waals surface area (Å²) in [5.74, 6) is 2.17. The first-order valence-corrected chi connectivity index (χ1v) is 10.3. The molecule has 4 nitrogen and oxygen atoms in total. The number of hydrogen-bond donors (Lipinski definition) is 3. The normalized spacial score (nSPS) is 58.4. The fourth-order valence-corrected chi connectivity index (χ4v) is 7.97. The van der Waals surface area contributed by atoms with Crippen molar-refractivity contribution in [2.75, 3.05) is 0 Å². The molecular formula is C21H34O4. The maximum absolute atomic E-state index is 12.6. The van der Waals surface area contributed by atoms with E-state index >= 15 is 0 Å². The number of Topliss-reactive ketones (excluding diaryl/α,β-unsaturated/α-hetero) is 1. The Balaban J connectivity index is 1.66. The van der Waals surface area contributed by atoms with Gasteiger partial charge in [-0.25, -0.2) is 0 Å². The van der Waals surface area contributed by atoms with E-state index in [9.17, 15) is 20.1 Å². The van der Waals surface area contributed by atoms with Crippen molar-refractivity contribution in [1.29, 1.82) is 0 Å². The van der Waals surface area contributed by atoms with Crippen LogP contribution in [0.4, 0.5) is 0 Å². The van der Waals surface area contributed by atoms with Gasteiger partial charge in [0.1, 0.15) is 11.9 Å². The van der Waals surface area contributed by atoms with E-state index in [0.29, 0.717) is 30.0 Å². The summed E-state index contributed by atoms with van der Waals surface area (Å²) in [4.78, 5) is 12.6. The number of aliphatic hydroxyl groups is 3. The fourth-order valence-electron chi connectivity index (χ4n) is 7.97. The van der Waals surface area contributed by atoms with Gasteiger partial charge in [-0.05, 0) is 73.0 Å². The number of carbonyl (C=O) groups excluding carboxylic acids is 1. The Kier molecular flexibility index (Phi) is 4.14. The summed E-state index contributed by atoms with van der Waals surface area (Å²) in [6, 6.07) is 0. The Morgan fingerprint density at radius 1 is 0.960 bits per heavy atom. The molecule has 0 aromatic rings. The van der Waals surface area contributed by atoms with Gasteiger partial charge in [0.05, 0.1) is 12.2 Å². The molecule has 4 heteroatoms. The van der Waals surface area contributed by atoms with E-state index in [2.05, 4.69) is 20.8 Å². The van der Waals surface area contributed by atoms with Crippen molar-refractivity contribution in [3.63, 3.8) is 0 Å². The quantitative estimate of drug-likeness (QED) is 0.679. The zero-order chi connectivity index (χ0) is 18.1. The zero-order valence-corrected chi connectivity index (χ0v) is 15.8. The van der Waals surface area contributed by atoms with Gasteiger partial charge >= 0.3 is 0 Å². The molecule has 4 saturated carbocycles. The number of carbonyl (C=O) groups is 1. The van der Waals surface area contributed by atoms with Crippen molar-refractivity contribution >= 4 is 5.78 Å². The van der Waals surface area contributed by atoms with Crippen molar-refractivity contribution in [3.05, 3.63) is 0 Å². The first kappa shape index (κ1) is 17.9. The van der Waals surface area contributed by atoms with Gasteiger partial charge in [-0.15, -0.1) is 0 Å². The van der Waals surface area contributed by atoms with Crippen LogP contribution in [0.2, 0.25) is 0 Å². The van der Waals surface area contributed by atoms with Gasteiger partial charge in [-0.3, -0.25) is 4.79 Å². The standard InChI is InChI=1S/C21H34O4/c1-4-12-16(22)9-15-11-5-6-14-18(24)19(25)17(23)10-21(14,3)13(11)7-8-20(12,15)2/h11-15,17-19,23-25H,4-10H2,1-3H3/t11-,12-,13+,14-,15-,17-,18+,19-,20+,21+/m0/s1. The number of rotatable bonds is 1. The fraction of sp³-hybridized carbons (Fsp3) is 0.952. The third-order valence-corrected chi connectivity index (χ3v) is 9.20. The lowest BCUT2D eigenvalue weighted by Gasteiger charge is -2.62. The Hall–Kier alpha value is -0.450. The van der Waals surface area contributed by atoms with E-state index in [1.165, 1.54) is 0 Å². The maximum Gasteiger partial charge on any atom is 0.136 e. The van der Waals surface area contributed by atoms with E-state index in [1.807, 2.05) is 0 Å². The summed E-state index contributed by atoms with van der Waals surface area (Å²) < 4.78 is 0.